The number of halogens is 1. The number of methoxy groups -OCH3 is 1. The van der Waals surface area contributed by atoms with Gasteiger partial charge in [-0.15, -0.1) is 10.2 Å². The van der Waals surface area contributed by atoms with Gasteiger partial charge in [0, 0.05) is 10.6 Å². The fourth-order valence-electron chi connectivity index (χ4n) is 1.90. The normalized spacial score (nSPS) is 10.9. The van der Waals surface area contributed by atoms with Crippen molar-refractivity contribution in [2.75, 3.05) is 7.11 Å². The molecule has 24 heavy (non-hydrogen) atoms. The zero-order chi connectivity index (χ0) is 16.8. The molecule has 2 aromatic carbocycles. The Labute approximate surface area is 143 Å². The first-order chi connectivity index (χ1) is 11.7. The molecule has 0 bridgehead atoms. The summed E-state index contributed by atoms with van der Waals surface area (Å²) in [5.74, 6) is 1.52. The molecule has 1 aromatic heterocycles. The third-order valence-corrected chi connectivity index (χ3v) is 3.39. The molecule has 1 heterocycles. The van der Waals surface area contributed by atoms with Crippen molar-refractivity contribution < 1.29 is 14.0 Å². The van der Waals surface area contributed by atoms with Crippen molar-refractivity contribution >= 4 is 17.8 Å². The predicted octanol–water partition coefficient (Wildman–Crippen LogP) is 3.95. The Morgan fingerprint density at radius 1 is 1.08 bits per heavy atom. The van der Waals surface area contributed by atoms with Crippen molar-refractivity contribution in [3.8, 4) is 17.2 Å². The topological polar surface area (TPSA) is 69.7 Å². The second-order valence-corrected chi connectivity index (χ2v) is 5.23. The smallest absolute Gasteiger partial charge is 0.257 e. The van der Waals surface area contributed by atoms with E-state index in [1.54, 1.807) is 25.5 Å². The molecular formula is C17H14ClN3O3. The Balaban J connectivity index is 1.56. The van der Waals surface area contributed by atoms with E-state index in [1.165, 1.54) is 0 Å². The average Bonchev–Trinajstić information content (AvgIpc) is 3.09. The highest BCUT2D eigenvalue weighted by atomic mass is 35.5. The van der Waals surface area contributed by atoms with E-state index in [2.05, 4.69) is 15.4 Å². The van der Waals surface area contributed by atoms with Gasteiger partial charge in [0.1, 0.15) is 5.75 Å². The molecule has 0 saturated carbocycles. The lowest BCUT2D eigenvalue weighted by atomic mass is 10.2. The van der Waals surface area contributed by atoms with Crippen molar-refractivity contribution in [2.45, 2.75) is 6.61 Å². The van der Waals surface area contributed by atoms with Crippen LogP contribution in [0.2, 0.25) is 5.02 Å². The summed E-state index contributed by atoms with van der Waals surface area (Å²) < 4.78 is 10.6. The van der Waals surface area contributed by atoms with Crippen LogP contribution in [0.1, 0.15) is 11.5 Å². The van der Waals surface area contributed by atoms with Crippen LogP contribution < -0.4 is 4.74 Å². The minimum atomic E-state index is 0.0905. The summed E-state index contributed by atoms with van der Waals surface area (Å²) in [6.45, 7) is 0.0905. The van der Waals surface area contributed by atoms with Gasteiger partial charge in [0.15, 0.2) is 6.61 Å². The van der Waals surface area contributed by atoms with Gasteiger partial charge in [0.2, 0.25) is 5.89 Å². The maximum Gasteiger partial charge on any atom is 0.257 e. The van der Waals surface area contributed by atoms with Crippen LogP contribution in [0, 0.1) is 0 Å². The molecule has 0 spiro atoms. The third kappa shape index (κ3) is 4.11. The van der Waals surface area contributed by atoms with Gasteiger partial charge >= 0.3 is 0 Å². The van der Waals surface area contributed by atoms with Gasteiger partial charge in [-0.05, 0) is 42.0 Å². The Kier molecular flexibility index (Phi) is 5.08. The van der Waals surface area contributed by atoms with Crippen LogP contribution in [-0.4, -0.2) is 23.5 Å². The molecule has 0 unspecified atom stereocenters. The van der Waals surface area contributed by atoms with E-state index < -0.39 is 0 Å². The molecule has 0 atom stereocenters. The zero-order valence-electron chi connectivity index (χ0n) is 12.8. The van der Waals surface area contributed by atoms with Gasteiger partial charge in [0.25, 0.3) is 5.89 Å². The molecule has 3 aromatic rings. The summed E-state index contributed by atoms with van der Waals surface area (Å²) in [6, 6.07) is 14.6. The maximum atomic E-state index is 5.81. The number of hydrogen-bond acceptors (Lipinski definition) is 6. The zero-order valence-corrected chi connectivity index (χ0v) is 13.6. The summed E-state index contributed by atoms with van der Waals surface area (Å²) in [6.07, 6.45) is 1.58. The predicted molar refractivity (Wildman–Crippen MR) is 90.1 cm³/mol. The maximum absolute atomic E-state index is 5.81. The van der Waals surface area contributed by atoms with Crippen molar-refractivity contribution in [1.29, 1.82) is 0 Å². The van der Waals surface area contributed by atoms with Crippen molar-refractivity contribution in [3.63, 3.8) is 0 Å². The van der Waals surface area contributed by atoms with E-state index in [-0.39, 0.29) is 6.61 Å². The monoisotopic (exact) mass is 343 g/mol. The molecule has 0 fully saturated rings. The number of nitrogens with zero attached hydrogens (tertiary/aromatic N) is 3. The first-order valence-electron chi connectivity index (χ1n) is 7.12. The molecule has 3 rings (SSSR count). The first kappa shape index (κ1) is 16.0. The molecule has 0 aliphatic carbocycles. The van der Waals surface area contributed by atoms with Gasteiger partial charge in [0.05, 0.1) is 13.3 Å². The molecule has 122 valence electrons. The summed E-state index contributed by atoms with van der Waals surface area (Å²) in [7, 11) is 1.61. The second-order valence-electron chi connectivity index (χ2n) is 4.79. The van der Waals surface area contributed by atoms with Crippen LogP contribution >= 0.6 is 11.6 Å². The standard InChI is InChI=1S/C17H14ClN3O3/c1-22-15-8-4-13(5-9-15)17-21-20-16(24-17)11-23-19-10-12-2-6-14(18)7-3-12/h2-10H,11H2,1H3/b19-10+. The number of hydrogen-bond donors (Lipinski definition) is 0. The molecule has 6 nitrogen and oxygen atoms in total. The Morgan fingerprint density at radius 3 is 2.54 bits per heavy atom. The SMILES string of the molecule is COc1ccc(-c2nnc(CO/N=C/c3ccc(Cl)cc3)o2)cc1. The Hall–Kier alpha value is -2.86. The van der Waals surface area contributed by atoms with Crippen LogP contribution in [0.15, 0.2) is 58.1 Å². The summed E-state index contributed by atoms with van der Waals surface area (Å²) >= 11 is 5.81. The van der Waals surface area contributed by atoms with E-state index in [4.69, 9.17) is 25.6 Å². The average molecular weight is 344 g/mol. The highest BCUT2D eigenvalue weighted by Gasteiger charge is 2.08. The van der Waals surface area contributed by atoms with Crippen molar-refractivity contribution in [1.82, 2.24) is 10.2 Å². The van der Waals surface area contributed by atoms with E-state index >= 15 is 0 Å². The highest BCUT2D eigenvalue weighted by molar-refractivity contribution is 6.30. The number of benzene rings is 2. The lowest BCUT2D eigenvalue weighted by Gasteiger charge is -1.99. The van der Waals surface area contributed by atoms with Crippen LogP contribution in [-0.2, 0) is 11.4 Å². The van der Waals surface area contributed by atoms with Gasteiger partial charge in [-0.2, -0.15) is 0 Å². The largest absolute Gasteiger partial charge is 0.497 e. The van der Waals surface area contributed by atoms with Crippen LogP contribution in [0.25, 0.3) is 11.5 Å². The Bertz CT molecular complexity index is 814. The summed E-state index contributed by atoms with van der Waals surface area (Å²) in [5.41, 5.74) is 1.68. The molecule has 0 amide bonds. The fraction of sp³-hybridized carbons (Fsp3) is 0.118. The molecule has 7 heteroatoms. The number of oxime groups is 1. The van der Waals surface area contributed by atoms with Gasteiger partial charge in [-0.3, -0.25) is 0 Å². The quantitative estimate of drug-likeness (QED) is 0.500. The highest BCUT2D eigenvalue weighted by Crippen LogP contribution is 2.21. The van der Waals surface area contributed by atoms with Crippen molar-refractivity contribution in [3.05, 3.63) is 65.0 Å². The molecule has 0 aliphatic heterocycles. The van der Waals surface area contributed by atoms with Gasteiger partial charge in [-0.25, -0.2) is 0 Å². The van der Waals surface area contributed by atoms with Crippen LogP contribution in [0.3, 0.4) is 0 Å². The fourth-order valence-corrected chi connectivity index (χ4v) is 2.03. The minimum absolute atomic E-state index is 0.0905. The molecule has 0 radical (unpaired) electrons. The number of aromatic nitrogens is 2. The van der Waals surface area contributed by atoms with E-state index in [0.29, 0.717) is 16.8 Å². The lowest BCUT2D eigenvalue weighted by molar-refractivity contribution is 0.112. The molecule has 0 aliphatic rings. The molecular weight excluding hydrogens is 330 g/mol. The second kappa shape index (κ2) is 7.61. The third-order valence-electron chi connectivity index (χ3n) is 3.14. The first-order valence-corrected chi connectivity index (χ1v) is 7.50. The summed E-state index contributed by atoms with van der Waals surface area (Å²) in [4.78, 5) is 5.16. The van der Waals surface area contributed by atoms with Gasteiger partial charge < -0.3 is 14.0 Å². The van der Waals surface area contributed by atoms with E-state index in [0.717, 1.165) is 16.9 Å². The van der Waals surface area contributed by atoms with Crippen molar-refractivity contribution in [2.24, 2.45) is 5.16 Å². The number of ether oxygens (including phenoxy) is 1. The van der Waals surface area contributed by atoms with E-state index in [9.17, 15) is 0 Å². The van der Waals surface area contributed by atoms with Crippen LogP contribution in [0.5, 0.6) is 5.75 Å². The number of rotatable bonds is 6. The minimum Gasteiger partial charge on any atom is -0.497 e. The molecule has 0 saturated heterocycles. The molecule has 0 N–H and O–H groups in total. The van der Waals surface area contributed by atoms with Gasteiger partial charge in [-0.1, -0.05) is 28.9 Å². The van der Waals surface area contributed by atoms with Crippen LogP contribution in [0.4, 0.5) is 0 Å². The lowest BCUT2D eigenvalue weighted by Crippen LogP contribution is -1.88. The summed E-state index contributed by atoms with van der Waals surface area (Å²) in [5, 5.41) is 12.4. The van der Waals surface area contributed by atoms with E-state index in [1.807, 2.05) is 36.4 Å². The Morgan fingerprint density at radius 2 is 1.83 bits per heavy atom.